The Bertz CT molecular complexity index is 1000. The lowest BCUT2D eigenvalue weighted by Crippen LogP contribution is -2.28. The molecule has 1 aliphatic carbocycles. The Balaban J connectivity index is 1.48. The molecule has 1 aliphatic heterocycles. The van der Waals surface area contributed by atoms with E-state index >= 15 is 0 Å². The van der Waals surface area contributed by atoms with Crippen LogP contribution >= 0.6 is 11.8 Å². The predicted octanol–water partition coefficient (Wildman–Crippen LogP) is 2.80. The summed E-state index contributed by atoms with van der Waals surface area (Å²) in [6.07, 6.45) is 4.81. The molecule has 0 spiro atoms. The highest BCUT2D eigenvalue weighted by Gasteiger charge is 2.50. The van der Waals surface area contributed by atoms with E-state index in [0.29, 0.717) is 0 Å². The van der Waals surface area contributed by atoms with Gasteiger partial charge in [0.1, 0.15) is 11.6 Å². The highest BCUT2D eigenvalue weighted by Crippen LogP contribution is 2.53. The average Bonchev–Trinajstić information content (AvgIpc) is 3.31. The molecule has 1 atom stereocenters. The Morgan fingerprint density at radius 2 is 1.93 bits per heavy atom. The molecule has 0 bridgehead atoms. The van der Waals surface area contributed by atoms with Gasteiger partial charge in [0.25, 0.3) is 0 Å². The summed E-state index contributed by atoms with van der Waals surface area (Å²) in [6.45, 7) is 3.19. The summed E-state index contributed by atoms with van der Waals surface area (Å²) in [5, 5.41) is 23.2. The number of hydrogen-bond acceptors (Lipinski definition) is 5. The maximum absolute atomic E-state index is 9.80. The zero-order chi connectivity index (χ0) is 19.4. The third kappa shape index (κ3) is 2.79. The number of aliphatic hydroxyl groups excluding tert-OH is 1. The minimum absolute atomic E-state index is 0.0130. The van der Waals surface area contributed by atoms with Gasteiger partial charge in [0.05, 0.1) is 17.7 Å². The standard InChI is InChI=1S/C21H25N5OS/c1-20(14-27)13-18-23-24-19(26(18)11-12-28-20)21(8-9-21)16-5-3-15(4-6-16)17-7-10-22-25(17)2/h3-7,10,27H,8-9,11-14H2,1-2H3. The minimum atomic E-state index is -0.167. The van der Waals surface area contributed by atoms with Crippen molar-refractivity contribution in [3.8, 4) is 11.3 Å². The molecule has 146 valence electrons. The first kappa shape index (κ1) is 17.9. The van der Waals surface area contributed by atoms with E-state index in [2.05, 4.69) is 51.1 Å². The number of aromatic nitrogens is 5. The third-order valence-electron chi connectivity index (χ3n) is 6.19. The van der Waals surface area contributed by atoms with Crippen LogP contribution in [-0.2, 0) is 25.4 Å². The predicted molar refractivity (Wildman–Crippen MR) is 110 cm³/mol. The van der Waals surface area contributed by atoms with Crippen molar-refractivity contribution >= 4 is 11.8 Å². The van der Waals surface area contributed by atoms with Crippen LogP contribution in [0.4, 0.5) is 0 Å². The summed E-state index contributed by atoms with van der Waals surface area (Å²) in [5.74, 6) is 3.08. The molecule has 0 radical (unpaired) electrons. The zero-order valence-corrected chi connectivity index (χ0v) is 17.1. The lowest BCUT2D eigenvalue weighted by molar-refractivity contribution is 0.254. The molecule has 1 fully saturated rings. The van der Waals surface area contributed by atoms with Crippen LogP contribution in [0.25, 0.3) is 11.3 Å². The molecule has 3 heterocycles. The van der Waals surface area contributed by atoms with Gasteiger partial charge >= 0.3 is 0 Å². The van der Waals surface area contributed by atoms with Crippen molar-refractivity contribution in [3.05, 3.63) is 53.7 Å². The van der Waals surface area contributed by atoms with Crippen molar-refractivity contribution in [1.82, 2.24) is 24.5 Å². The summed E-state index contributed by atoms with van der Waals surface area (Å²) in [4.78, 5) is 0. The Morgan fingerprint density at radius 3 is 2.57 bits per heavy atom. The van der Waals surface area contributed by atoms with E-state index in [9.17, 15) is 5.11 Å². The number of fused-ring (bicyclic) bond motifs is 1. The van der Waals surface area contributed by atoms with Crippen molar-refractivity contribution in [2.24, 2.45) is 7.05 Å². The Kier molecular flexibility index (Phi) is 4.14. The molecular formula is C21H25N5OS. The van der Waals surface area contributed by atoms with E-state index in [4.69, 9.17) is 0 Å². The SMILES string of the molecule is Cn1nccc1-c1ccc(C2(c3nnc4n3CCSC(C)(CO)C4)CC2)cc1. The van der Waals surface area contributed by atoms with Crippen LogP contribution in [0.3, 0.4) is 0 Å². The summed E-state index contributed by atoms with van der Waals surface area (Å²) >= 11 is 1.84. The zero-order valence-electron chi connectivity index (χ0n) is 16.3. The highest BCUT2D eigenvalue weighted by molar-refractivity contribution is 8.00. The molecule has 28 heavy (non-hydrogen) atoms. The maximum atomic E-state index is 9.80. The second kappa shape index (κ2) is 6.46. The number of nitrogens with zero attached hydrogens (tertiary/aromatic N) is 5. The summed E-state index contributed by atoms with van der Waals surface area (Å²) < 4.78 is 4.05. The normalized spacial score (nSPS) is 23.2. The number of hydrogen-bond donors (Lipinski definition) is 1. The molecule has 5 rings (SSSR count). The molecule has 1 aromatic carbocycles. The van der Waals surface area contributed by atoms with Crippen molar-refractivity contribution in [1.29, 1.82) is 0 Å². The number of rotatable bonds is 4. The summed E-state index contributed by atoms with van der Waals surface area (Å²) in [7, 11) is 1.97. The van der Waals surface area contributed by atoms with Crippen molar-refractivity contribution in [2.45, 2.75) is 42.9 Å². The topological polar surface area (TPSA) is 68.8 Å². The number of aliphatic hydroxyl groups is 1. The number of thioether (sulfide) groups is 1. The summed E-state index contributed by atoms with van der Waals surface area (Å²) in [5.41, 5.74) is 3.60. The largest absolute Gasteiger partial charge is 0.395 e. The molecule has 2 aromatic heterocycles. The Labute approximate surface area is 169 Å². The van der Waals surface area contributed by atoms with Crippen LogP contribution in [0.1, 0.15) is 37.0 Å². The van der Waals surface area contributed by atoms with Gasteiger partial charge in [-0.05, 0) is 37.0 Å². The molecular weight excluding hydrogens is 370 g/mol. The van der Waals surface area contributed by atoms with E-state index in [1.165, 1.54) is 11.1 Å². The quantitative estimate of drug-likeness (QED) is 0.736. The molecule has 2 aliphatic rings. The fourth-order valence-corrected chi connectivity index (χ4v) is 5.40. The molecule has 0 amide bonds. The van der Waals surface area contributed by atoms with Crippen LogP contribution in [0.15, 0.2) is 36.5 Å². The molecule has 1 unspecified atom stereocenters. The second-order valence-corrected chi connectivity index (χ2v) is 9.91. The van der Waals surface area contributed by atoms with Gasteiger partial charge in [-0.3, -0.25) is 4.68 Å². The van der Waals surface area contributed by atoms with Crippen molar-refractivity contribution in [2.75, 3.05) is 12.4 Å². The van der Waals surface area contributed by atoms with E-state index in [1.807, 2.05) is 35.8 Å². The lowest BCUT2D eigenvalue weighted by atomic mass is 9.93. The van der Waals surface area contributed by atoms with Gasteiger partial charge in [-0.1, -0.05) is 24.3 Å². The van der Waals surface area contributed by atoms with Crippen molar-refractivity contribution in [3.63, 3.8) is 0 Å². The van der Waals surface area contributed by atoms with Gasteiger partial charge < -0.3 is 9.67 Å². The second-order valence-electron chi connectivity index (χ2n) is 8.22. The maximum Gasteiger partial charge on any atom is 0.143 e. The fraction of sp³-hybridized carbons (Fsp3) is 0.476. The van der Waals surface area contributed by atoms with Crippen LogP contribution in [0, 0.1) is 0 Å². The monoisotopic (exact) mass is 395 g/mol. The number of aryl methyl sites for hydroxylation is 1. The molecule has 1 saturated carbocycles. The Hall–Kier alpha value is -2.12. The first-order chi connectivity index (χ1) is 13.5. The number of benzene rings is 1. The van der Waals surface area contributed by atoms with E-state index in [-0.39, 0.29) is 16.8 Å². The van der Waals surface area contributed by atoms with E-state index < -0.39 is 0 Å². The smallest absolute Gasteiger partial charge is 0.143 e. The van der Waals surface area contributed by atoms with Gasteiger partial charge in [0.15, 0.2) is 0 Å². The van der Waals surface area contributed by atoms with Gasteiger partial charge in [-0.2, -0.15) is 16.9 Å². The molecule has 3 aromatic rings. The Morgan fingerprint density at radius 1 is 1.14 bits per heavy atom. The van der Waals surface area contributed by atoms with Gasteiger partial charge in [0, 0.05) is 36.7 Å². The average molecular weight is 396 g/mol. The van der Waals surface area contributed by atoms with Crippen LogP contribution in [0.5, 0.6) is 0 Å². The summed E-state index contributed by atoms with van der Waals surface area (Å²) in [6, 6.07) is 10.9. The van der Waals surface area contributed by atoms with Crippen LogP contribution in [0.2, 0.25) is 0 Å². The van der Waals surface area contributed by atoms with Gasteiger partial charge in [-0.25, -0.2) is 0 Å². The van der Waals surface area contributed by atoms with E-state index in [0.717, 1.165) is 48.9 Å². The molecule has 0 saturated heterocycles. The lowest BCUT2D eigenvalue weighted by Gasteiger charge is -2.23. The van der Waals surface area contributed by atoms with Crippen molar-refractivity contribution < 1.29 is 5.11 Å². The molecule has 6 nitrogen and oxygen atoms in total. The van der Waals surface area contributed by atoms with Crippen LogP contribution < -0.4 is 0 Å². The highest BCUT2D eigenvalue weighted by atomic mass is 32.2. The fourth-order valence-electron chi connectivity index (χ4n) is 4.31. The van der Waals surface area contributed by atoms with Gasteiger partial charge in [-0.15, -0.1) is 10.2 Å². The third-order valence-corrected chi connectivity index (χ3v) is 7.55. The molecule has 7 heteroatoms. The first-order valence-corrected chi connectivity index (χ1v) is 10.8. The van der Waals surface area contributed by atoms with Crippen LogP contribution in [-0.4, -0.2) is 46.8 Å². The molecule has 1 N–H and O–H groups in total. The van der Waals surface area contributed by atoms with E-state index in [1.54, 1.807) is 0 Å². The first-order valence-electron chi connectivity index (χ1n) is 9.81. The minimum Gasteiger partial charge on any atom is -0.395 e. The van der Waals surface area contributed by atoms with Gasteiger partial charge in [0.2, 0.25) is 0 Å².